The van der Waals surface area contributed by atoms with Gasteiger partial charge in [0.25, 0.3) is 0 Å². The number of hydrogen-bond donors (Lipinski definition) is 0. The summed E-state index contributed by atoms with van der Waals surface area (Å²) in [6, 6.07) is 13.9. The lowest BCUT2D eigenvalue weighted by Gasteiger charge is -2.05. The van der Waals surface area contributed by atoms with Gasteiger partial charge in [-0.25, -0.2) is 4.98 Å². The normalized spacial score (nSPS) is 13.3. The monoisotopic (exact) mass is 313 g/mol. The van der Waals surface area contributed by atoms with Crippen molar-refractivity contribution >= 4 is 11.0 Å². The molecule has 0 unspecified atom stereocenters. The first kappa shape index (κ1) is 13.4. The summed E-state index contributed by atoms with van der Waals surface area (Å²) in [5.41, 5.74) is 6.93. The molecule has 0 spiro atoms. The van der Waals surface area contributed by atoms with Gasteiger partial charge in [0.2, 0.25) is 0 Å². The lowest BCUT2D eigenvalue weighted by molar-refractivity contribution is 0.658. The lowest BCUT2D eigenvalue weighted by atomic mass is 10.0. The van der Waals surface area contributed by atoms with Crippen molar-refractivity contribution in [2.24, 2.45) is 0 Å². The summed E-state index contributed by atoms with van der Waals surface area (Å²) in [7, 11) is 0. The highest BCUT2D eigenvalue weighted by atomic mass is 15.3. The Labute approximate surface area is 139 Å². The van der Waals surface area contributed by atoms with Crippen LogP contribution < -0.4 is 0 Å². The SMILES string of the molecule is c1ccc(-c2nn3c(c2-c2ccc4ncccc4n2)CCC3)nc1. The molecule has 0 radical (unpaired) electrons. The van der Waals surface area contributed by atoms with Crippen LogP contribution in [-0.2, 0) is 13.0 Å². The minimum atomic E-state index is 0.891. The maximum absolute atomic E-state index is 4.84. The number of pyridine rings is 3. The Morgan fingerprint density at radius 1 is 0.833 bits per heavy atom. The molecule has 0 fully saturated rings. The highest BCUT2D eigenvalue weighted by molar-refractivity contribution is 5.84. The summed E-state index contributed by atoms with van der Waals surface area (Å²) >= 11 is 0. The van der Waals surface area contributed by atoms with Crippen molar-refractivity contribution in [3.05, 3.63) is 60.6 Å². The molecule has 5 heteroatoms. The molecule has 1 aliphatic rings. The summed E-state index contributed by atoms with van der Waals surface area (Å²) in [5.74, 6) is 0. The molecule has 5 heterocycles. The van der Waals surface area contributed by atoms with Gasteiger partial charge >= 0.3 is 0 Å². The summed E-state index contributed by atoms with van der Waals surface area (Å²) in [5, 5.41) is 4.82. The van der Waals surface area contributed by atoms with Crippen LogP contribution in [0.4, 0.5) is 0 Å². The van der Waals surface area contributed by atoms with Gasteiger partial charge in [0.15, 0.2) is 0 Å². The highest BCUT2D eigenvalue weighted by Gasteiger charge is 2.25. The Morgan fingerprint density at radius 2 is 1.79 bits per heavy atom. The van der Waals surface area contributed by atoms with Crippen molar-refractivity contribution in [2.45, 2.75) is 19.4 Å². The molecule has 0 aliphatic carbocycles. The third-order valence-corrected chi connectivity index (χ3v) is 4.46. The largest absolute Gasteiger partial charge is 0.268 e. The van der Waals surface area contributed by atoms with Crippen LogP contribution in [0, 0.1) is 0 Å². The Balaban J connectivity index is 1.77. The van der Waals surface area contributed by atoms with Gasteiger partial charge in [-0.05, 0) is 49.2 Å². The maximum atomic E-state index is 4.84. The van der Waals surface area contributed by atoms with Gasteiger partial charge in [0.05, 0.1) is 28.0 Å². The topological polar surface area (TPSA) is 56.5 Å². The van der Waals surface area contributed by atoms with Crippen LogP contribution in [0.25, 0.3) is 33.7 Å². The van der Waals surface area contributed by atoms with Crippen LogP contribution in [0.5, 0.6) is 0 Å². The molecule has 0 saturated heterocycles. The van der Waals surface area contributed by atoms with E-state index in [0.717, 1.165) is 53.1 Å². The number of nitrogens with zero attached hydrogens (tertiary/aromatic N) is 5. The first-order valence-corrected chi connectivity index (χ1v) is 8.13. The molecule has 5 rings (SSSR count). The number of aromatic nitrogens is 5. The van der Waals surface area contributed by atoms with Crippen LogP contribution in [0.15, 0.2) is 54.9 Å². The molecule has 1 aliphatic heterocycles. The van der Waals surface area contributed by atoms with Gasteiger partial charge < -0.3 is 0 Å². The molecule has 4 aromatic rings. The summed E-state index contributed by atoms with van der Waals surface area (Å²) < 4.78 is 2.11. The van der Waals surface area contributed by atoms with Gasteiger partial charge in [-0.15, -0.1) is 0 Å². The zero-order chi connectivity index (χ0) is 15.9. The van der Waals surface area contributed by atoms with E-state index in [4.69, 9.17) is 10.1 Å². The standard InChI is InChI=1S/C19H15N5/c1-2-10-21-16(5-1)19-18(17-7-4-12-24(17)23-19)15-9-8-13-14(22-15)6-3-11-20-13/h1-3,5-6,8-11H,4,7,12H2. The zero-order valence-electron chi connectivity index (χ0n) is 13.1. The summed E-state index contributed by atoms with van der Waals surface area (Å²) in [4.78, 5) is 13.7. The van der Waals surface area contributed by atoms with Gasteiger partial charge in [-0.1, -0.05) is 6.07 Å². The molecule has 0 saturated carbocycles. The predicted octanol–water partition coefficient (Wildman–Crippen LogP) is 3.50. The maximum Gasteiger partial charge on any atom is 0.120 e. The van der Waals surface area contributed by atoms with Crippen molar-refractivity contribution < 1.29 is 0 Å². The molecule has 0 atom stereocenters. The van der Waals surface area contributed by atoms with Crippen molar-refractivity contribution in [2.75, 3.05) is 0 Å². The van der Waals surface area contributed by atoms with Crippen LogP contribution in [-0.4, -0.2) is 24.7 Å². The molecule has 0 bridgehead atoms. The molecule has 4 aromatic heterocycles. The molecular weight excluding hydrogens is 298 g/mol. The third-order valence-electron chi connectivity index (χ3n) is 4.46. The molecule has 5 nitrogen and oxygen atoms in total. The van der Waals surface area contributed by atoms with Crippen molar-refractivity contribution in [3.8, 4) is 22.6 Å². The Hall–Kier alpha value is -3.08. The van der Waals surface area contributed by atoms with Crippen LogP contribution in [0.1, 0.15) is 12.1 Å². The minimum Gasteiger partial charge on any atom is -0.268 e. The Bertz CT molecular complexity index is 1040. The van der Waals surface area contributed by atoms with Gasteiger partial charge in [0.1, 0.15) is 5.69 Å². The molecule has 0 aromatic carbocycles. The fourth-order valence-electron chi connectivity index (χ4n) is 3.38. The van der Waals surface area contributed by atoms with Crippen molar-refractivity contribution in [3.63, 3.8) is 0 Å². The average Bonchev–Trinajstić information content (AvgIpc) is 3.23. The zero-order valence-corrected chi connectivity index (χ0v) is 13.1. The minimum absolute atomic E-state index is 0.891. The smallest absolute Gasteiger partial charge is 0.120 e. The molecule has 0 N–H and O–H groups in total. The molecule has 116 valence electrons. The molecular formula is C19H15N5. The highest BCUT2D eigenvalue weighted by Crippen LogP contribution is 2.36. The second-order valence-corrected chi connectivity index (χ2v) is 5.95. The van der Waals surface area contributed by atoms with E-state index in [1.165, 1.54) is 5.69 Å². The number of rotatable bonds is 2. The number of hydrogen-bond acceptors (Lipinski definition) is 4. The van der Waals surface area contributed by atoms with E-state index in [9.17, 15) is 0 Å². The fraction of sp³-hybridized carbons (Fsp3) is 0.158. The van der Waals surface area contributed by atoms with Crippen LogP contribution in [0.3, 0.4) is 0 Å². The summed E-state index contributed by atoms with van der Waals surface area (Å²) in [6.07, 6.45) is 5.76. The van der Waals surface area contributed by atoms with E-state index >= 15 is 0 Å². The number of aryl methyl sites for hydroxylation is 1. The van der Waals surface area contributed by atoms with E-state index in [2.05, 4.69) is 14.6 Å². The van der Waals surface area contributed by atoms with Crippen molar-refractivity contribution in [1.82, 2.24) is 24.7 Å². The van der Waals surface area contributed by atoms with Crippen molar-refractivity contribution in [1.29, 1.82) is 0 Å². The van der Waals surface area contributed by atoms with Gasteiger partial charge in [-0.3, -0.25) is 14.6 Å². The van der Waals surface area contributed by atoms with E-state index in [1.807, 2.05) is 42.5 Å². The van der Waals surface area contributed by atoms with Crippen LogP contribution >= 0.6 is 0 Å². The average molecular weight is 313 g/mol. The van der Waals surface area contributed by atoms with E-state index in [0.29, 0.717) is 0 Å². The second kappa shape index (κ2) is 5.23. The quantitative estimate of drug-likeness (QED) is 0.568. The molecule has 24 heavy (non-hydrogen) atoms. The van der Waals surface area contributed by atoms with Crippen LogP contribution in [0.2, 0.25) is 0 Å². The fourth-order valence-corrected chi connectivity index (χ4v) is 3.38. The van der Waals surface area contributed by atoms with E-state index in [-0.39, 0.29) is 0 Å². The second-order valence-electron chi connectivity index (χ2n) is 5.95. The van der Waals surface area contributed by atoms with E-state index < -0.39 is 0 Å². The molecule has 0 amide bonds. The number of fused-ring (bicyclic) bond motifs is 2. The van der Waals surface area contributed by atoms with E-state index in [1.54, 1.807) is 12.4 Å². The Kier molecular flexibility index (Phi) is 2.91. The van der Waals surface area contributed by atoms with Gasteiger partial charge in [0, 0.05) is 24.6 Å². The predicted molar refractivity (Wildman–Crippen MR) is 92.3 cm³/mol. The summed E-state index contributed by atoms with van der Waals surface area (Å²) in [6.45, 7) is 0.963. The third kappa shape index (κ3) is 2.01. The van der Waals surface area contributed by atoms with Gasteiger partial charge in [-0.2, -0.15) is 5.10 Å². The lowest BCUT2D eigenvalue weighted by Crippen LogP contribution is -1.94. The first-order valence-electron chi connectivity index (χ1n) is 8.13. The first-order chi connectivity index (χ1) is 11.9. The Morgan fingerprint density at radius 3 is 2.71 bits per heavy atom.